The number of amides is 11. The summed E-state index contributed by atoms with van der Waals surface area (Å²) in [6.07, 6.45) is 7.06. The molecule has 3 rings (SSSR count). The molecule has 0 aromatic heterocycles. The van der Waals surface area contributed by atoms with Crippen LogP contribution in [-0.4, -0.2) is 288 Å². The van der Waals surface area contributed by atoms with E-state index in [9.17, 15) is 24.3 Å². The van der Waals surface area contributed by atoms with Crippen LogP contribution in [0.4, 0.5) is 0 Å². The van der Waals surface area contributed by atoms with Gasteiger partial charge in [0.25, 0.3) is 0 Å². The standard InChI is InChI=1S/C73H131N13O13/c1-25-27-29-48(13)62(87)61-66(91)76-54(26-2)69(94)78(18)52(17)68(93)83(23)60(49(14)42-99-39-38-85-34-36-86(37-35-85)53-30-28-31-53)65(90)77-58(46(9)10)72(97)79(19)55(33-32-43(3)4)64(89)74-50(15)63(88)75-51(16)67(92)80(20)56(40-44(5)6)70(95)81(21)57(41-45(7)8)71(96)82(22)59(47(11)12)73(98)84(61)24/h25,27,43-62,87H,26,28-42H2,1-24H3,(H,74,89)(H,75,88)(H,76,91)(H,77,90)/b27-25+/t48-,49-,50+,51-,52-,54+,55+,56+,57+,58+,59+,60+,61+,62-/m1/s1. The third-order valence-corrected chi connectivity index (χ3v) is 20.6. The highest BCUT2D eigenvalue weighted by Gasteiger charge is 2.47. The van der Waals surface area contributed by atoms with Gasteiger partial charge in [-0.05, 0) is 115 Å². The van der Waals surface area contributed by atoms with Gasteiger partial charge >= 0.3 is 0 Å². The van der Waals surface area contributed by atoms with Gasteiger partial charge in [0.1, 0.15) is 66.5 Å². The largest absolute Gasteiger partial charge is 0.390 e. The van der Waals surface area contributed by atoms with Crippen molar-refractivity contribution in [2.45, 2.75) is 254 Å². The lowest BCUT2D eigenvalue weighted by atomic mass is 9.91. The van der Waals surface area contributed by atoms with Gasteiger partial charge in [-0.2, -0.15) is 0 Å². The number of carbonyl (C=O) groups excluding carboxylic acids is 11. The highest BCUT2D eigenvalue weighted by Crippen LogP contribution is 2.28. The van der Waals surface area contributed by atoms with Crippen molar-refractivity contribution in [3.8, 4) is 0 Å². The van der Waals surface area contributed by atoms with Crippen LogP contribution >= 0.6 is 0 Å². The smallest absolute Gasteiger partial charge is 0.246 e. The average molecular weight is 1400 g/mol. The lowest BCUT2D eigenvalue weighted by Gasteiger charge is -2.43. The summed E-state index contributed by atoms with van der Waals surface area (Å²) in [5, 5.41) is 23.5. The summed E-state index contributed by atoms with van der Waals surface area (Å²) < 4.78 is 6.31. The number of carbonyl (C=O) groups is 11. The van der Waals surface area contributed by atoms with Crippen molar-refractivity contribution in [2.24, 2.45) is 41.4 Å². The molecule has 2 saturated heterocycles. The molecule has 0 unspecified atom stereocenters. The number of nitrogens with one attached hydrogen (secondary N) is 4. The molecule has 26 heteroatoms. The first-order chi connectivity index (χ1) is 46.2. The Labute approximate surface area is 593 Å². The fourth-order valence-corrected chi connectivity index (χ4v) is 13.6. The number of rotatable bonds is 21. The van der Waals surface area contributed by atoms with Gasteiger partial charge in [-0.1, -0.05) is 109 Å². The minimum atomic E-state index is -1.64. The van der Waals surface area contributed by atoms with Gasteiger partial charge < -0.3 is 65.4 Å². The summed E-state index contributed by atoms with van der Waals surface area (Å²) in [5.41, 5.74) is 0. The molecule has 0 spiro atoms. The second-order valence-electron chi connectivity index (χ2n) is 30.6. The number of nitrogens with zero attached hydrogens (tertiary/aromatic N) is 9. The van der Waals surface area contributed by atoms with E-state index in [1.807, 2.05) is 54.5 Å². The number of aliphatic hydroxyl groups is 1. The summed E-state index contributed by atoms with van der Waals surface area (Å²) >= 11 is 0. The van der Waals surface area contributed by atoms with E-state index in [-0.39, 0.29) is 50.0 Å². The zero-order chi connectivity index (χ0) is 75.4. The van der Waals surface area contributed by atoms with Crippen LogP contribution in [-0.2, 0) is 57.5 Å². The Morgan fingerprint density at radius 2 is 1.02 bits per heavy atom. The first-order valence-electron chi connectivity index (χ1n) is 36.6. The van der Waals surface area contributed by atoms with Crippen molar-refractivity contribution in [1.82, 2.24) is 65.4 Å². The maximum atomic E-state index is 15.3. The Morgan fingerprint density at radius 3 is 1.52 bits per heavy atom. The fourth-order valence-electron chi connectivity index (χ4n) is 13.6. The highest BCUT2D eigenvalue weighted by molar-refractivity contribution is 6.00. The molecule has 0 radical (unpaired) electrons. The van der Waals surface area contributed by atoms with Gasteiger partial charge in [0.2, 0.25) is 65.0 Å². The van der Waals surface area contributed by atoms with Crippen LogP contribution in [0, 0.1) is 41.4 Å². The number of likely N-dealkylation sites (N-methyl/N-ethyl adjacent to an activating group) is 7. The zero-order valence-corrected chi connectivity index (χ0v) is 64.9. The quantitative estimate of drug-likeness (QED) is 0.0807. The molecule has 26 nitrogen and oxygen atoms in total. The van der Waals surface area contributed by atoms with Crippen molar-refractivity contribution < 1.29 is 62.6 Å². The van der Waals surface area contributed by atoms with E-state index in [1.54, 1.807) is 54.5 Å². The lowest BCUT2D eigenvalue weighted by molar-refractivity contribution is -0.157. The zero-order valence-electron chi connectivity index (χ0n) is 64.9. The predicted octanol–water partition coefficient (Wildman–Crippen LogP) is 3.82. The van der Waals surface area contributed by atoms with Crippen molar-refractivity contribution in [3.63, 3.8) is 0 Å². The first kappa shape index (κ1) is 87.0. The van der Waals surface area contributed by atoms with Gasteiger partial charge in [0, 0.05) is 94.0 Å². The molecule has 1 aliphatic carbocycles. The Hall–Kier alpha value is -6.25. The highest BCUT2D eigenvalue weighted by atomic mass is 16.5. The summed E-state index contributed by atoms with van der Waals surface area (Å²) in [6, 6.07) is -13.3. The molecule has 2 heterocycles. The predicted molar refractivity (Wildman–Crippen MR) is 384 cm³/mol. The van der Waals surface area contributed by atoms with E-state index in [2.05, 4.69) is 31.1 Å². The molecule has 5 N–H and O–H groups in total. The number of aliphatic hydroxyl groups excluding tert-OH is 1. The molecule has 3 fully saturated rings. The Morgan fingerprint density at radius 1 is 0.515 bits per heavy atom. The second-order valence-corrected chi connectivity index (χ2v) is 30.6. The summed E-state index contributed by atoms with van der Waals surface area (Å²) in [5.74, 6) is -10.3. The normalized spacial score (nSPS) is 28.0. The van der Waals surface area contributed by atoms with E-state index < -0.39 is 161 Å². The summed E-state index contributed by atoms with van der Waals surface area (Å²) in [6.45, 7) is 34.5. The van der Waals surface area contributed by atoms with Gasteiger partial charge in [-0.25, -0.2) is 0 Å². The topological polar surface area (TPSA) is 295 Å². The molecule has 0 aromatic rings. The molecule has 11 amide bonds. The van der Waals surface area contributed by atoms with E-state index in [4.69, 9.17) is 4.74 Å². The molecule has 1 saturated carbocycles. The van der Waals surface area contributed by atoms with Gasteiger partial charge in [-0.3, -0.25) is 62.5 Å². The number of allylic oxidation sites excluding steroid dienone is 2. The van der Waals surface area contributed by atoms with Crippen LogP contribution < -0.4 is 21.3 Å². The minimum absolute atomic E-state index is 0.000692. The van der Waals surface area contributed by atoms with Crippen LogP contribution in [0.1, 0.15) is 175 Å². The van der Waals surface area contributed by atoms with E-state index in [1.165, 1.54) is 119 Å². The van der Waals surface area contributed by atoms with Crippen molar-refractivity contribution >= 4 is 65.0 Å². The molecular weight excluding hydrogens is 1270 g/mol. The SMILES string of the molecule is C/C=C/C[C@@H](C)[C@@H](O)[C@H]1C(=O)N[C@@H](CC)C(=O)N(C)[C@H](C)C(=O)N(C)[C@@H]([C@H](C)COCCN2CCN(C3CCC3)CC2)C(=O)N[C@@H](C(C)C)C(=O)N(C)[C@@H](CCC(C)C)C(=O)N[C@@H](C)C(=O)N[C@H](C)C(=O)N(C)[C@@H](CC(C)C)C(=O)N(C)[C@@H](CC(C)C)C(=O)N(C)[C@@H](C(C)C)C(=O)N1C. The number of hydrogen-bond donors (Lipinski definition) is 5. The number of hydrogen-bond acceptors (Lipinski definition) is 15. The lowest BCUT2D eigenvalue weighted by Crippen LogP contribution is -2.64. The van der Waals surface area contributed by atoms with Crippen molar-refractivity contribution in [1.29, 1.82) is 0 Å². The molecule has 0 aromatic carbocycles. The maximum absolute atomic E-state index is 15.3. The van der Waals surface area contributed by atoms with Crippen LogP contribution in [0.15, 0.2) is 12.2 Å². The molecular formula is C73H131N13O13. The molecule has 99 heavy (non-hydrogen) atoms. The fraction of sp³-hybridized carbons (Fsp3) is 0.822. The Balaban J connectivity index is 2.30. The molecule has 0 bridgehead atoms. The Kier molecular flexibility index (Phi) is 35.5. The molecule has 2 aliphatic heterocycles. The Bertz CT molecular complexity index is 2720. The molecule has 3 aliphatic rings. The van der Waals surface area contributed by atoms with Crippen molar-refractivity contribution in [2.75, 3.05) is 95.3 Å². The van der Waals surface area contributed by atoms with Crippen LogP contribution in [0.25, 0.3) is 0 Å². The van der Waals surface area contributed by atoms with E-state index in [0.29, 0.717) is 32.0 Å². The van der Waals surface area contributed by atoms with Gasteiger partial charge in [-0.15, -0.1) is 0 Å². The summed E-state index contributed by atoms with van der Waals surface area (Å²) in [7, 11) is 10.0. The van der Waals surface area contributed by atoms with Crippen LogP contribution in [0.5, 0.6) is 0 Å². The number of piperazine rings is 1. The average Bonchev–Trinajstić information content (AvgIpc) is 0.806. The van der Waals surface area contributed by atoms with E-state index in [0.717, 1.165) is 31.1 Å². The second kappa shape index (κ2) is 40.4. The van der Waals surface area contributed by atoms with Gasteiger partial charge in [0.05, 0.1) is 19.3 Å². The maximum Gasteiger partial charge on any atom is 0.246 e. The first-order valence-corrected chi connectivity index (χ1v) is 36.6. The van der Waals surface area contributed by atoms with E-state index >= 15 is 33.6 Å². The minimum Gasteiger partial charge on any atom is -0.390 e. The number of ether oxygens (including phenoxy) is 1. The monoisotopic (exact) mass is 1400 g/mol. The van der Waals surface area contributed by atoms with Crippen LogP contribution in [0.2, 0.25) is 0 Å². The molecule has 14 atom stereocenters. The third-order valence-electron chi connectivity index (χ3n) is 20.6. The molecule has 566 valence electrons. The summed E-state index contributed by atoms with van der Waals surface area (Å²) in [4.78, 5) is 178. The van der Waals surface area contributed by atoms with Crippen molar-refractivity contribution in [3.05, 3.63) is 12.2 Å². The van der Waals surface area contributed by atoms with Gasteiger partial charge in [0.15, 0.2) is 0 Å². The third kappa shape index (κ3) is 23.9. The van der Waals surface area contributed by atoms with Crippen LogP contribution in [0.3, 0.4) is 0 Å².